The van der Waals surface area contributed by atoms with Crippen LogP contribution in [0.1, 0.15) is 121 Å². The lowest BCUT2D eigenvalue weighted by Crippen LogP contribution is -2.31. The summed E-state index contributed by atoms with van der Waals surface area (Å²) in [5.41, 5.74) is 2.12. The molecule has 1 aromatic carbocycles. The summed E-state index contributed by atoms with van der Waals surface area (Å²) in [5, 5.41) is 2.80. The van der Waals surface area contributed by atoms with Crippen LogP contribution < -0.4 is 9.84 Å². The summed E-state index contributed by atoms with van der Waals surface area (Å²) in [6.45, 7) is 2.92. The maximum Gasteiger partial charge on any atom is 0.407 e. The summed E-state index contributed by atoms with van der Waals surface area (Å²) >= 11 is 0. The summed E-state index contributed by atoms with van der Waals surface area (Å²) in [6, 6.07) is 11.4. The number of methoxy groups -OCH3 is 1. The first-order valence-corrected chi connectivity index (χ1v) is 17.9. The van der Waals surface area contributed by atoms with Crippen molar-refractivity contribution in [3.05, 3.63) is 59.9 Å². The van der Waals surface area contributed by atoms with Crippen molar-refractivity contribution >= 4 is 14.7 Å². The van der Waals surface area contributed by atoms with Crippen molar-refractivity contribution in [2.45, 2.75) is 122 Å². The fourth-order valence-electron chi connectivity index (χ4n) is 4.98. The third kappa shape index (κ3) is 19.9. The van der Waals surface area contributed by atoms with Crippen LogP contribution in [0.5, 0.6) is 5.75 Å². The molecule has 2 aromatic rings. The smallest absolute Gasteiger partial charge is 0.407 e. The Labute approximate surface area is 267 Å². The normalized spacial score (nSPS) is 12.5. The molecule has 0 aliphatic carbocycles. The maximum atomic E-state index is 12.1. The number of alkyl carbamates (subject to hydrolysis) is 1. The Morgan fingerprint density at radius 3 is 2.05 bits per heavy atom. The first-order chi connectivity index (χ1) is 21.6. The van der Waals surface area contributed by atoms with Crippen LogP contribution in [0, 0.1) is 0 Å². The van der Waals surface area contributed by atoms with Gasteiger partial charge in [-0.25, -0.2) is 4.79 Å². The number of amides is 1. The highest BCUT2D eigenvalue weighted by atomic mass is 31.2. The molecule has 0 spiro atoms. The lowest BCUT2D eigenvalue weighted by molar-refractivity contribution is 0.00598. The van der Waals surface area contributed by atoms with Crippen molar-refractivity contribution in [2.24, 2.45) is 0 Å². The Morgan fingerprint density at radius 1 is 0.841 bits per heavy atom. The van der Waals surface area contributed by atoms with Crippen molar-refractivity contribution in [3.63, 3.8) is 0 Å². The highest BCUT2D eigenvalue weighted by molar-refractivity contribution is 7.41. The second kappa shape index (κ2) is 26.0. The van der Waals surface area contributed by atoms with Gasteiger partial charge in [0.1, 0.15) is 18.5 Å². The van der Waals surface area contributed by atoms with E-state index < -0.39 is 20.8 Å². The summed E-state index contributed by atoms with van der Waals surface area (Å²) in [7, 11) is -0.660. The van der Waals surface area contributed by atoms with E-state index in [1.54, 1.807) is 12.3 Å². The van der Waals surface area contributed by atoms with Crippen molar-refractivity contribution in [2.75, 3.05) is 26.9 Å². The number of carbonyl (C=O) groups excluding carboxylic acids is 1. The van der Waals surface area contributed by atoms with Gasteiger partial charge in [-0.2, -0.15) is 0 Å². The number of carbonyl (C=O) groups is 1. The topological polar surface area (TPSA) is 99.1 Å². The molecule has 0 saturated heterocycles. The van der Waals surface area contributed by atoms with Crippen LogP contribution in [0.25, 0.3) is 0 Å². The largest absolute Gasteiger partial charge is 0.447 e. The van der Waals surface area contributed by atoms with Crippen molar-refractivity contribution in [1.29, 1.82) is 0 Å². The second-order valence-electron chi connectivity index (χ2n) is 11.5. The number of hydrogen-bond acceptors (Lipinski definition) is 7. The lowest BCUT2D eigenvalue weighted by Gasteiger charge is -2.18. The molecule has 2 atom stereocenters. The van der Waals surface area contributed by atoms with Gasteiger partial charge in [-0.05, 0) is 42.2 Å². The highest BCUT2D eigenvalue weighted by Crippen LogP contribution is 2.35. The van der Waals surface area contributed by atoms with Crippen molar-refractivity contribution in [1.82, 2.24) is 10.3 Å². The molecule has 44 heavy (non-hydrogen) atoms. The predicted octanol–water partition coefficient (Wildman–Crippen LogP) is 9.29. The molecule has 1 heterocycles. The SMILES string of the molecule is CCCCCCCCCCCCCCCCCCNC(=O)OCC(COP(O)Oc1cccc(Cc2cccnc2)c1)OC. The standard InChI is InChI=1S/C35H57N2O6P/c1-3-4-5-6-7-8-9-10-11-12-13-14-15-16-17-18-25-37-35(38)41-29-34(40-2)30-42-44(39)43-33-23-19-21-31(27-33)26-32-22-20-24-36-28-32/h19-24,27-28,34,39H,3-18,25-26,29-30H2,1-2H3,(H,37,38). The van der Waals surface area contributed by atoms with Crippen LogP contribution in [0.15, 0.2) is 48.8 Å². The van der Waals surface area contributed by atoms with Gasteiger partial charge in [0.05, 0.1) is 6.61 Å². The number of unbranched alkanes of at least 4 members (excludes halogenated alkanes) is 15. The Morgan fingerprint density at radius 2 is 1.45 bits per heavy atom. The summed E-state index contributed by atoms with van der Waals surface area (Å²) < 4.78 is 21.6. The average Bonchev–Trinajstić information content (AvgIpc) is 3.03. The molecule has 2 N–H and O–H groups in total. The Bertz CT molecular complexity index is 967. The van der Waals surface area contributed by atoms with Crippen LogP contribution >= 0.6 is 8.60 Å². The molecule has 9 heteroatoms. The van der Waals surface area contributed by atoms with Crippen LogP contribution in [0.2, 0.25) is 0 Å². The molecule has 2 unspecified atom stereocenters. The summed E-state index contributed by atoms with van der Waals surface area (Å²) in [5.74, 6) is 0.513. The zero-order chi connectivity index (χ0) is 31.5. The number of rotatable bonds is 27. The van der Waals surface area contributed by atoms with Gasteiger partial charge in [-0.15, -0.1) is 0 Å². The number of nitrogens with zero attached hydrogens (tertiary/aromatic N) is 1. The summed E-state index contributed by atoms with van der Waals surface area (Å²) in [6.07, 6.45) is 24.4. The van der Waals surface area contributed by atoms with Gasteiger partial charge in [-0.3, -0.25) is 9.51 Å². The van der Waals surface area contributed by atoms with Gasteiger partial charge in [0.25, 0.3) is 0 Å². The molecule has 1 amide bonds. The highest BCUT2D eigenvalue weighted by Gasteiger charge is 2.17. The zero-order valence-corrected chi connectivity index (χ0v) is 28.1. The molecule has 2 rings (SSSR count). The number of ether oxygens (including phenoxy) is 2. The number of pyridine rings is 1. The number of benzene rings is 1. The Hall–Kier alpha value is -2.25. The molecular weight excluding hydrogens is 575 g/mol. The molecule has 0 saturated carbocycles. The van der Waals surface area contributed by atoms with Crippen LogP contribution in [0.4, 0.5) is 4.79 Å². The minimum absolute atomic E-state index is 0.0189. The zero-order valence-electron chi connectivity index (χ0n) is 27.2. The summed E-state index contributed by atoms with van der Waals surface area (Å²) in [4.78, 5) is 26.5. The molecule has 1 aromatic heterocycles. The average molecular weight is 633 g/mol. The fraction of sp³-hybridized carbons (Fsp3) is 0.657. The van der Waals surface area contributed by atoms with E-state index >= 15 is 0 Å². The van der Waals surface area contributed by atoms with Gasteiger partial charge in [0, 0.05) is 26.0 Å². The molecule has 8 nitrogen and oxygen atoms in total. The molecule has 0 aliphatic heterocycles. The Kier molecular flexibility index (Phi) is 22.4. The third-order valence-corrected chi connectivity index (χ3v) is 8.35. The Balaban J connectivity index is 1.43. The molecule has 248 valence electrons. The van der Waals surface area contributed by atoms with Gasteiger partial charge < -0.3 is 24.2 Å². The predicted molar refractivity (Wildman–Crippen MR) is 179 cm³/mol. The van der Waals surface area contributed by atoms with E-state index in [0.717, 1.165) is 24.0 Å². The van der Waals surface area contributed by atoms with Crippen LogP contribution in [-0.4, -0.2) is 48.9 Å². The maximum absolute atomic E-state index is 12.1. The second-order valence-corrected chi connectivity index (χ2v) is 12.4. The molecule has 0 bridgehead atoms. The number of nitrogens with one attached hydrogen (secondary N) is 1. The molecule has 0 fully saturated rings. The quantitative estimate of drug-likeness (QED) is 0.0748. The van der Waals surface area contributed by atoms with Gasteiger partial charge in [0.2, 0.25) is 0 Å². The number of hydrogen-bond donors (Lipinski definition) is 2. The van der Waals surface area contributed by atoms with E-state index in [9.17, 15) is 9.69 Å². The first-order valence-electron chi connectivity index (χ1n) is 16.8. The van der Waals surface area contributed by atoms with E-state index in [1.165, 1.54) is 97.0 Å². The lowest BCUT2D eigenvalue weighted by atomic mass is 10.0. The molecular formula is C35H57N2O6P. The first kappa shape index (κ1) is 37.9. The van der Waals surface area contributed by atoms with Gasteiger partial charge in [0.15, 0.2) is 0 Å². The monoisotopic (exact) mass is 632 g/mol. The van der Waals surface area contributed by atoms with E-state index in [-0.39, 0.29) is 13.2 Å². The minimum atomic E-state index is -2.17. The molecule has 0 aliphatic rings. The fourth-order valence-corrected chi connectivity index (χ4v) is 5.62. The van der Waals surface area contributed by atoms with E-state index in [4.69, 9.17) is 18.5 Å². The van der Waals surface area contributed by atoms with E-state index in [0.29, 0.717) is 18.7 Å². The third-order valence-electron chi connectivity index (χ3n) is 7.62. The minimum Gasteiger partial charge on any atom is -0.447 e. The van der Waals surface area contributed by atoms with Gasteiger partial charge in [-0.1, -0.05) is 121 Å². The number of aromatic nitrogens is 1. The van der Waals surface area contributed by atoms with Crippen LogP contribution in [-0.2, 0) is 20.4 Å². The van der Waals surface area contributed by atoms with E-state index in [1.807, 2.05) is 36.5 Å². The van der Waals surface area contributed by atoms with Crippen LogP contribution in [0.3, 0.4) is 0 Å². The van der Waals surface area contributed by atoms with Crippen molar-refractivity contribution < 1.29 is 28.2 Å². The van der Waals surface area contributed by atoms with Gasteiger partial charge >= 0.3 is 14.7 Å². The van der Waals surface area contributed by atoms with E-state index in [2.05, 4.69) is 17.2 Å². The van der Waals surface area contributed by atoms with Crippen molar-refractivity contribution in [3.8, 4) is 5.75 Å². The molecule has 0 radical (unpaired) electrons.